The molecule has 21 heavy (non-hydrogen) atoms. The van der Waals surface area contributed by atoms with Crippen molar-refractivity contribution in [1.29, 1.82) is 0 Å². The fraction of sp³-hybridized carbons (Fsp3) is 0.471. The molecule has 3 nitrogen and oxygen atoms in total. The largest absolute Gasteiger partial charge is 0.313 e. The van der Waals surface area contributed by atoms with Crippen molar-refractivity contribution in [2.75, 3.05) is 6.54 Å². The van der Waals surface area contributed by atoms with Gasteiger partial charge in [0.15, 0.2) is 0 Å². The second-order valence-corrected chi connectivity index (χ2v) is 6.12. The van der Waals surface area contributed by atoms with E-state index in [9.17, 15) is 0 Å². The molecular weight excluding hydrogens is 326 g/mol. The Balaban J connectivity index is 2.55. The van der Waals surface area contributed by atoms with Crippen LogP contribution < -0.4 is 5.32 Å². The molecule has 0 saturated heterocycles. The highest BCUT2D eigenvalue weighted by Gasteiger charge is 2.17. The number of nitrogens with one attached hydrogen (secondary N) is 1. The average Bonchev–Trinajstić information content (AvgIpc) is 2.82. The molecule has 0 spiro atoms. The third-order valence-electron chi connectivity index (χ3n) is 3.78. The summed E-state index contributed by atoms with van der Waals surface area (Å²) in [5, 5.41) is 8.32. The van der Waals surface area contributed by atoms with E-state index in [1.54, 1.807) is 0 Å². The lowest BCUT2D eigenvalue weighted by Crippen LogP contribution is -2.14. The average molecular weight is 350 g/mol. The van der Waals surface area contributed by atoms with Gasteiger partial charge in [0.2, 0.25) is 0 Å². The number of halogens is 1. The Kier molecular flexibility index (Phi) is 5.59. The van der Waals surface area contributed by atoms with Crippen LogP contribution in [-0.4, -0.2) is 16.3 Å². The summed E-state index contributed by atoms with van der Waals surface area (Å²) in [5.41, 5.74) is 6.30. The Morgan fingerprint density at radius 1 is 1.19 bits per heavy atom. The van der Waals surface area contributed by atoms with E-state index in [0.29, 0.717) is 0 Å². The maximum atomic E-state index is 4.87. The lowest BCUT2D eigenvalue weighted by atomic mass is 10.1. The standard InChI is InChI=1S/C17H24BrN3/c1-5-15-14(11-19-7-3)16(6-2)21(20-15)17-9-8-13(18)10-12(17)4/h8-10,19H,5-7,11H2,1-4H3. The number of aryl methyl sites for hydroxylation is 2. The second-order valence-electron chi connectivity index (χ2n) is 5.20. The summed E-state index contributed by atoms with van der Waals surface area (Å²) in [4.78, 5) is 0. The van der Waals surface area contributed by atoms with Crippen molar-refractivity contribution in [1.82, 2.24) is 15.1 Å². The third kappa shape index (κ3) is 3.38. The Labute approximate surface area is 135 Å². The first-order chi connectivity index (χ1) is 10.1. The molecule has 0 atom stereocenters. The maximum Gasteiger partial charge on any atom is 0.0678 e. The van der Waals surface area contributed by atoms with Crippen LogP contribution in [0.5, 0.6) is 0 Å². The first-order valence-corrected chi connectivity index (χ1v) is 8.48. The molecule has 0 fully saturated rings. The molecule has 0 saturated carbocycles. The molecule has 0 unspecified atom stereocenters. The van der Waals surface area contributed by atoms with E-state index in [1.165, 1.54) is 28.2 Å². The lowest BCUT2D eigenvalue weighted by Gasteiger charge is -2.11. The predicted octanol–water partition coefficient (Wildman–Crippen LogP) is 4.18. The van der Waals surface area contributed by atoms with Gasteiger partial charge in [-0.3, -0.25) is 0 Å². The molecule has 0 amide bonds. The normalized spacial score (nSPS) is 11.1. The van der Waals surface area contributed by atoms with Gasteiger partial charge in [-0.25, -0.2) is 4.68 Å². The van der Waals surface area contributed by atoms with Crippen LogP contribution in [0, 0.1) is 6.92 Å². The highest BCUT2D eigenvalue weighted by molar-refractivity contribution is 9.10. The van der Waals surface area contributed by atoms with Crippen LogP contribution in [0.2, 0.25) is 0 Å². The van der Waals surface area contributed by atoms with E-state index in [-0.39, 0.29) is 0 Å². The second kappa shape index (κ2) is 7.23. The molecule has 0 bridgehead atoms. The Morgan fingerprint density at radius 3 is 2.52 bits per heavy atom. The molecule has 0 aliphatic heterocycles. The maximum absolute atomic E-state index is 4.87. The molecule has 1 N–H and O–H groups in total. The van der Waals surface area contributed by atoms with Crippen molar-refractivity contribution in [3.05, 3.63) is 45.2 Å². The quantitative estimate of drug-likeness (QED) is 0.847. The molecule has 1 aromatic carbocycles. The Morgan fingerprint density at radius 2 is 1.95 bits per heavy atom. The first-order valence-electron chi connectivity index (χ1n) is 7.69. The van der Waals surface area contributed by atoms with Gasteiger partial charge in [0, 0.05) is 22.3 Å². The van der Waals surface area contributed by atoms with Crippen LogP contribution in [0.3, 0.4) is 0 Å². The van der Waals surface area contributed by atoms with Crippen molar-refractivity contribution >= 4 is 15.9 Å². The Bertz CT molecular complexity index is 617. The molecule has 0 aliphatic rings. The molecule has 1 aromatic heterocycles. The van der Waals surface area contributed by atoms with E-state index in [4.69, 9.17) is 5.10 Å². The number of nitrogens with zero attached hydrogens (tertiary/aromatic N) is 2. The van der Waals surface area contributed by atoms with Gasteiger partial charge in [-0.05, 0) is 50.1 Å². The molecule has 0 aliphatic carbocycles. The van der Waals surface area contributed by atoms with Crippen molar-refractivity contribution in [3.8, 4) is 5.69 Å². The molecular formula is C17H24BrN3. The summed E-state index contributed by atoms with van der Waals surface area (Å²) in [6.45, 7) is 10.5. The zero-order valence-corrected chi connectivity index (χ0v) is 14.9. The predicted molar refractivity (Wildman–Crippen MR) is 92.1 cm³/mol. The summed E-state index contributed by atoms with van der Waals surface area (Å²) in [7, 11) is 0. The summed E-state index contributed by atoms with van der Waals surface area (Å²) in [6, 6.07) is 6.37. The van der Waals surface area contributed by atoms with Gasteiger partial charge < -0.3 is 5.32 Å². The first kappa shape index (κ1) is 16.2. The molecule has 2 rings (SSSR count). The van der Waals surface area contributed by atoms with E-state index in [1.807, 2.05) is 0 Å². The third-order valence-corrected chi connectivity index (χ3v) is 4.27. The fourth-order valence-corrected chi connectivity index (χ4v) is 3.17. The van der Waals surface area contributed by atoms with Crippen LogP contribution in [0.15, 0.2) is 22.7 Å². The lowest BCUT2D eigenvalue weighted by molar-refractivity contribution is 0.712. The van der Waals surface area contributed by atoms with Crippen molar-refractivity contribution in [3.63, 3.8) is 0 Å². The Hall–Kier alpha value is -1.13. The number of aromatic nitrogens is 2. The van der Waals surface area contributed by atoms with E-state index in [0.717, 1.165) is 30.4 Å². The number of hydrogen-bond donors (Lipinski definition) is 1. The molecule has 0 radical (unpaired) electrons. The highest BCUT2D eigenvalue weighted by Crippen LogP contribution is 2.24. The SMILES string of the molecule is CCNCc1c(CC)nn(-c2ccc(Br)cc2C)c1CC. The van der Waals surface area contributed by atoms with E-state index < -0.39 is 0 Å². The van der Waals surface area contributed by atoms with Crippen LogP contribution in [-0.2, 0) is 19.4 Å². The number of benzene rings is 1. The minimum Gasteiger partial charge on any atom is -0.313 e. The van der Waals surface area contributed by atoms with Gasteiger partial charge >= 0.3 is 0 Å². The molecule has 4 heteroatoms. The molecule has 114 valence electrons. The highest BCUT2D eigenvalue weighted by atomic mass is 79.9. The van der Waals surface area contributed by atoms with Crippen LogP contribution in [0.25, 0.3) is 5.69 Å². The van der Waals surface area contributed by atoms with Crippen LogP contribution in [0.4, 0.5) is 0 Å². The van der Waals surface area contributed by atoms with Crippen molar-refractivity contribution in [2.24, 2.45) is 0 Å². The number of hydrogen-bond acceptors (Lipinski definition) is 2. The minimum absolute atomic E-state index is 0.901. The minimum atomic E-state index is 0.901. The smallest absolute Gasteiger partial charge is 0.0678 e. The van der Waals surface area contributed by atoms with E-state index in [2.05, 4.69) is 71.8 Å². The number of rotatable bonds is 6. The van der Waals surface area contributed by atoms with Crippen LogP contribution >= 0.6 is 15.9 Å². The van der Waals surface area contributed by atoms with Gasteiger partial charge in [0.05, 0.1) is 11.4 Å². The summed E-state index contributed by atoms with van der Waals surface area (Å²) >= 11 is 3.53. The van der Waals surface area contributed by atoms with Crippen molar-refractivity contribution < 1.29 is 0 Å². The zero-order valence-electron chi connectivity index (χ0n) is 13.3. The van der Waals surface area contributed by atoms with E-state index >= 15 is 0 Å². The van der Waals surface area contributed by atoms with Crippen LogP contribution in [0.1, 0.15) is 43.3 Å². The molecule has 1 heterocycles. The summed E-state index contributed by atoms with van der Waals surface area (Å²) < 4.78 is 3.24. The van der Waals surface area contributed by atoms with Gasteiger partial charge in [0.1, 0.15) is 0 Å². The van der Waals surface area contributed by atoms with Crippen molar-refractivity contribution in [2.45, 2.75) is 47.1 Å². The van der Waals surface area contributed by atoms with Gasteiger partial charge in [0.25, 0.3) is 0 Å². The fourth-order valence-electron chi connectivity index (χ4n) is 2.69. The monoisotopic (exact) mass is 349 g/mol. The van der Waals surface area contributed by atoms with Gasteiger partial charge in [-0.2, -0.15) is 5.10 Å². The summed E-state index contributed by atoms with van der Waals surface area (Å²) in [5.74, 6) is 0. The molecule has 2 aromatic rings. The van der Waals surface area contributed by atoms with Gasteiger partial charge in [-0.1, -0.05) is 36.7 Å². The topological polar surface area (TPSA) is 29.9 Å². The zero-order chi connectivity index (χ0) is 15.4. The van der Waals surface area contributed by atoms with Gasteiger partial charge in [-0.15, -0.1) is 0 Å². The summed E-state index contributed by atoms with van der Waals surface area (Å²) in [6.07, 6.45) is 1.96.